The molecule has 198 valence electrons. The van der Waals surface area contributed by atoms with Crippen LogP contribution in [0.3, 0.4) is 0 Å². The molecule has 0 aliphatic heterocycles. The Morgan fingerprint density at radius 1 is 0.921 bits per heavy atom. The second-order valence-corrected chi connectivity index (χ2v) is 8.66. The minimum absolute atomic E-state index is 0.00327. The fourth-order valence-electron chi connectivity index (χ4n) is 3.38. The maximum atomic E-state index is 13.1. The van der Waals surface area contributed by atoms with Crippen LogP contribution in [0.4, 0.5) is 29.3 Å². The minimum atomic E-state index is -4.56. The number of nitrogens with one attached hydrogen (secondary N) is 2. The van der Waals surface area contributed by atoms with Gasteiger partial charge in [0.15, 0.2) is 0 Å². The number of anilines is 2. The van der Waals surface area contributed by atoms with Crippen LogP contribution in [0, 0.1) is 0 Å². The Morgan fingerprint density at radius 2 is 1.63 bits per heavy atom. The molecule has 1 heterocycles. The molecule has 0 saturated carbocycles. The van der Waals surface area contributed by atoms with Gasteiger partial charge in [-0.3, -0.25) is 0 Å². The molecule has 4 aromatic rings. The molecule has 8 nitrogen and oxygen atoms in total. The molecule has 1 aromatic heterocycles. The number of carbonyl (C=O) groups is 1. The molecule has 0 aliphatic carbocycles. The number of carbonyl (C=O) groups excluding carboxylic acids is 1. The van der Waals surface area contributed by atoms with Crippen LogP contribution in [0.25, 0.3) is 10.9 Å². The Hall–Kier alpha value is -3.90. The van der Waals surface area contributed by atoms with Gasteiger partial charge in [0.2, 0.25) is 5.88 Å². The second-order valence-electron chi connectivity index (χ2n) is 7.80. The van der Waals surface area contributed by atoms with Crippen molar-refractivity contribution in [3.05, 3.63) is 77.0 Å². The van der Waals surface area contributed by atoms with Gasteiger partial charge in [0.05, 0.1) is 23.1 Å². The van der Waals surface area contributed by atoms with Crippen molar-refractivity contribution in [2.24, 2.45) is 0 Å². The lowest BCUT2D eigenvalue weighted by atomic mass is 10.2. The summed E-state index contributed by atoms with van der Waals surface area (Å²) in [6, 6.07) is 14.5. The van der Waals surface area contributed by atoms with Gasteiger partial charge in [-0.15, -0.1) is 0 Å². The number of benzene rings is 3. The number of aromatic nitrogens is 2. The van der Waals surface area contributed by atoms with E-state index in [-0.39, 0.29) is 10.2 Å². The third kappa shape index (κ3) is 7.11. The second kappa shape index (κ2) is 12.1. The van der Waals surface area contributed by atoms with Crippen molar-refractivity contribution >= 4 is 44.2 Å². The van der Waals surface area contributed by atoms with Crippen LogP contribution in [-0.2, 0) is 10.9 Å². The minimum Gasteiger partial charge on any atom is -0.491 e. The predicted molar refractivity (Wildman–Crippen MR) is 140 cm³/mol. The first kappa shape index (κ1) is 27.1. The first-order chi connectivity index (χ1) is 18.2. The molecule has 4 rings (SSSR count). The zero-order valence-corrected chi connectivity index (χ0v) is 21.6. The van der Waals surface area contributed by atoms with E-state index in [1.807, 2.05) is 6.92 Å². The van der Waals surface area contributed by atoms with Crippen molar-refractivity contribution in [3.8, 4) is 17.4 Å². The highest BCUT2D eigenvalue weighted by molar-refractivity contribution is 9.10. The molecule has 0 bridgehead atoms. The summed E-state index contributed by atoms with van der Waals surface area (Å²) < 4.78 is 56.0. The number of nitrogens with zero attached hydrogens (tertiary/aromatic N) is 2. The molecule has 0 aliphatic rings. The Balaban J connectivity index is 1.38. The van der Waals surface area contributed by atoms with Gasteiger partial charge in [0.1, 0.15) is 24.4 Å². The molecular formula is C26H22BrF3N4O4. The number of hydrogen-bond acceptors (Lipinski definition) is 6. The van der Waals surface area contributed by atoms with Crippen molar-refractivity contribution in [2.45, 2.75) is 13.1 Å². The number of hydrogen-bond donors (Lipinski definition) is 2. The zero-order valence-electron chi connectivity index (χ0n) is 20.0. The summed E-state index contributed by atoms with van der Waals surface area (Å²) >= 11 is 2.87. The Kier molecular flexibility index (Phi) is 8.64. The number of fused-ring (bicyclic) bond motifs is 1. The number of rotatable bonds is 9. The van der Waals surface area contributed by atoms with E-state index in [4.69, 9.17) is 14.2 Å². The summed E-state index contributed by atoms with van der Waals surface area (Å²) in [4.78, 5) is 20.8. The van der Waals surface area contributed by atoms with Gasteiger partial charge < -0.3 is 24.8 Å². The summed E-state index contributed by atoms with van der Waals surface area (Å²) in [5.41, 5.74) is 0.153. The average Bonchev–Trinajstić information content (AvgIpc) is 2.88. The van der Waals surface area contributed by atoms with E-state index in [1.165, 1.54) is 18.5 Å². The van der Waals surface area contributed by atoms with Crippen LogP contribution in [0.15, 0.2) is 71.5 Å². The van der Waals surface area contributed by atoms with Gasteiger partial charge in [0.25, 0.3) is 0 Å². The zero-order chi connectivity index (χ0) is 27.1. The van der Waals surface area contributed by atoms with Crippen LogP contribution in [-0.4, -0.2) is 35.8 Å². The van der Waals surface area contributed by atoms with Crippen LogP contribution >= 0.6 is 15.9 Å². The largest absolute Gasteiger partial charge is 0.491 e. The standard InChI is InChI=1S/C26H22BrF3N4O4/c1-2-36-11-12-37-19-8-9-20-23(14-19)31-15-32-24(20)38-18-6-3-16(4-7-18)33-25(35)34-17-5-10-22(27)21(13-17)26(28,29)30/h3-10,13-15H,2,11-12H2,1H3,(H2,33,34,35). The smallest absolute Gasteiger partial charge is 0.417 e. The molecule has 0 fully saturated rings. The highest BCUT2D eigenvalue weighted by Gasteiger charge is 2.33. The van der Waals surface area contributed by atoms with E-state index in [9.17, 15) is 18.0 Å². The average molecular weight is 591 g/mol. The maximum Gasteiger partial charge on any atom is 0.417 e. The Bertz CT molecular complexity index is 1420. The van der Waals surface area contributed by atoms with Gasteiger partial charge in [-0.25, -0.2) is 14.8 Å². The van der Waals surface area contributed by atoms with Crippen LogP contribution < -0.4 is 20.1 Å². The van der Waals surface area contributed by atoms with E-state index in [1.54, 1.807) is 42.5 Å². The van der Waals surface area contributed by atoms with Crippen molar-refractivity contribution in [3.63, 3.8) is 0 Å². The highest BCUT2D eigenvalue weighted by Crippen LogP contribution is 2.36. The lowest BCUT2D eigenvalue weighted by molar-refractivity contribution is -0.138. The van der Waals surface area contributed by atoms with Crippen molar-refractivity contribution < 1.29 is 32.2 Å². The normalized spacial score (nSPS) is 11.3. The predicted octanol–water partition coefficient (Wildman–Crippen LogP) is 7.26. The quantitative estimate of drug-likeness (QED) is 0.199. The summed E-state index contributed by atoms with van der Waals surface area (Å²) in [5.74, 6) is 1.44. The molecule has 2 amide bonds. The molecule has 3 aromatic carbocycles. The SMILES string of the molecule is CCOCCOc1ccc2c(Oc3ccc(NC(=O)Nc4ccc(Br)c(C(F)(F)F)c4)cc3)ncnc2c1. The molecule has 0 spiro atoms. The van der Waals surface area contributed by atoms with Gasteiger partial charge in [-0.2, -0.15) is 13.2 Å². The number of halogens is 4. The van der Waals surface area contributed by atoms with Gasteiger partial charge in [-0.1, -0.05) is 15.9 Å². The maximum absolute atomic E-state index is 13.1. The van der Waals surface area contributed by atoms with E-state index >= 15 is 0 Å². The number of amides is 2. The number of urea groups is 1. The van der Waals surface area contributed by atoms with Crippen molar-refractivity contribution in [1.82, 2.24) is 9.97 Å². The summed E-state index contributed by atoms with van der Waals surface area (Å²) in [6.07, 6.45) is -3.17. The molecule has 38 heavy (non-hydrogen) atoms. The topological polar surface area (TPSA) is 94.6 Å². The monoisotopic (exact) mass is 590 g/mol. The van der Waals surface area contributed by atoms with Crippen molar-refractivity contribution in [2.75, 3.05) is 30.5 Å². The number of alkyl halides is 3. The fourth-order valence-corrected chi connectivity index (χ4v) is 3.85. The molecule has 2 N–H and O–H groups in total. The first-order valence-corrected chi connectivity index (χ1v) is 12.2. The highest BCUT2D eigenvalue weighted by atomic mass is 79.9. The lowest BCUT2D eigenvalue weighted by Crippen LogP contribution is -2.19. The fraction of sp³-hybridized carbons (Fsp3) is 0.192. The van der Waals surface area contributed by atoms with Gasteiger partial charge in [0, 0.05) is 28.5 Å². The Morgan fingerprint density at radius 3 is 2.37 bits per heavy atom. The van der Waals surface area contributed by atoms with E-state index in [0.717, 1.165) is 6.07 Å². The van der Waals surface area contributed by atoms with Crippen LogP contribution in [0.2, 0.25) is 0 Å². The summed E-state index contributed by atoms with van der Waals surface area (Å²) in [7, 11) is 0. The van der Waals surface area contributed by atoms with Crippen molar-refractivity contribution in [1.29, 1.82) is 0 Å². The van der Waals surface area contributed by atoms with E-state index in [2.05, 4.69) is 36.5 Å². The van der Waals surface area contributed by atoms with E-state index in [0.29, 0.717) is 53.8 Å². The number of ether oxygens (including phenoxy) is 3. The third-order valence-corrected chi connectivity index (χ3v) is 5.82. The van der Waals surface area contributed by atoms with E-state index < -0.39 is 17.8 Å². The summed E-state index contributed by atoms with van der Waals surface area (Å²) in [5, 5.41) is 5.64. The molecule has 0 unspecified atom stereocenters. The molecular weight excluding hydrogens is 569 g/mol. The molecule has 0 atom stereocenters. The first-order valence-electron chi connectivity index (χ1n) is 11.4. The van der Waals surface area contributed by atoms with Crippen LogP contribution in [0.1, 0.15) is 12.5 Å². The van der Waals surface area contributed by atoms with Crippen LogP contribution in [0.5, 0.6) is 17.4 Å². The van der Waals surface area contributed by atoms with Gasteiger partial charge in [-0.05, 0) is 61.5 Å². The molecule has 0 saturated heterocycles. The Labute approximate surface area is 224 Å². The van der Waals surface area contributed by atoms with Gasteiger partial charge >= 0.3 is 12.2 Å². The molecule has 12 heteroatoms. The third-order valence-electron chi connectivity index (χ3n) is 5.13. The lowest BCUT2D eigenvalue weighted by Gasteiger charge is -2.13. The summed E-state index contributed by atoms with van der Waals surface area (Å²) in [6.45, 7) is 3.45. The molecule has 0 radical (unpaired) electrons.